The van der Waals surface area contributed by atoms with E-state index in [9.17, 15) is 14.0 Å². The van der Waals surface area contributed by atoms with E-state index in [1.54, 1.807) is 38.0 Å². The van der Waals surface area contributed by atoms with E-state index in [-0.39, 0.29) is 13.3 Å². The third-order valence-corrected chi connectivity index (χ3v) is 2.05. The van der Waals surface area contributed by atoms with Crippen LogP contribution in [0.2, 0.25) is 0 Å². The van der Waals surface area contributed by atoms with Crippen LogP contribution in [0, 0.1) is 5.82 Å². The molecule has 0 aliphatic carbocycles. The Balaban J connectivity index is 3.33. The molecule has 0 aliphatic rings. The van der Waals surface area contributed by atoms with Crippen molar-refractivity contribution in [3.8, 4) is 0 Å². The fraction of sp³-hybridized carbons (Fsp3) is 0.600. The molecule has 0 fully saturated rings. The summed E-state index contributed by atoms with van der Waals surface area (Å²) in [6, 6.07) is 0. The van der Waals surface area contributed by atoms with Crippen molar-refractivity contribution in [2.75, 3.05) is 28.2 Å². The van der Waals surface area contributed by atoms with Crippen molar-refractivity contribution in [1.82, 2.24) is 18.9 Å². The second kappa shape index (κ2) is 5.24. The van der Waals surface area contributed by atoms with E-state index in [4.69, 9.17) is 0 Å². The van der Waals surface area contributed by atoms with Crippen molar-refractivity contribution in [2.45, 2.75) is 13.3 Å². The van der Waals surface area contributed by atoms with E-state index in [2.05, 4.69) is 0 Å². The number of halogens is 1. The van der Waals surface area contributed by atoms with Crippen molar-refractivity contribution in [3.05, 3.63) is 32.9 Å². The zero-order chi connectivity index (χ0) is 13.2. The first-order valence-electron chi connectivity index (χ1n) is 5.12. The Hall–Kier alpha value is -1.47. The molecule has 0 spiro atoms. The first-order valence-corrected chi connectivity index (χ1v) is 5.12. The van der Waals surface area contributed by atoms with E-state index in [1.807, 2.05) is 0 Å². The van der Waals surface area contributed by atoms with E-state index in [1.165, 1.54) is 4.57 Å². The Morgan fingerprint density at radius 1 is 1.12 bits per heavy atom. The fourth-order valence-electron chi connectivity index (χ4n) is 1.43. The Labute approximate surface area is 98.5 Å². The average Bonchev–Trinajstić information content (AvgIpc) is 2.20. The van der Waals surface area contributed by atoms with Crippen LogP contribution >= 0.6 is 0 Å². The molecule has 0 saturated carbocycles. The van der Waals surface area contributed by atoms with Crippen molar-refractivity contribution in [2.24, 2.45) is 0 Å². The van der Waals surface area contributed by atoms with E-state index in [0.29, 0.717) is 0 Å². The molecule has 96 valence electrons. The van der Waals surface area contributed by atoms with Gasteiger partial charge in [-0.25, -0.2) is 9.36 Å². The van der Waals surface area contributed by atoms with Crippen LogP contribution in [0.5, 0.6) is 0 Å². The van der Waals surface area contributed by atoms with Crippen LogP contribution in [0.25, 0.3) is 0 Å². The van der Waals surface area contributed by atoms with Gasteiger partial charge in [-0.3, -0.25) is 19.2 Å². The summed E-state index contributed by atoms with van der Waals surface area (Å²) in [6.45, 7) is 0.284. The van der Waals surface area contributed by atoms with Gasteiger partial charge in [0.15, 0.2) is 0 Å². The number of rotatable bonds is 4. The largest absolute Gasteiger partial charge is 0.333 e. The van der Waals surface area contributed by atoms with Gasteiger partial charge in [-0.15, -0.1) is 0 Å². The van der Waals surface area contributed by atoms with Crippen LogP contribution in [0.15, 0.2) is 15.8 Å². The summed E-state index contributed by atoms with van der Waals surface area (Å²) < 4.78 is 15.4. The zero-order valence-corrected chi connectivity index (χ0v) is 10.5. The second-order valence-corrected chi connectivity index (χ2v) is 4.40. The van der Waals surface area contributed by atoms with E-state index < -0.39 is 17.1 Å². The summed E-state index contributed by atoms with van der Waals surface area (Å²) in [6.07, 6.45) is 0.941. The lowest BCUT2D eigenvalue weighted by atomic mass is 10.5. The molecule has 1 aromatic rings. The molecular formula is C10H17FN4O2. The van der Waals surface area contributed by atoms with Crippen molar-refractivity contribution >= 4 is 0 Å². The summed E-state index contributed by atoms with van der Waals surface area (Å²) in [5.74, 6) is -0.923. The van der Waals surface area contributed by atoms with Gasteiger partial charge in [0, 0.05) is 0 Å². The Bertz CT molecular complexity index is 504. The molecule has 17 heavy (non-hydrogen) atoms. The summed E-state index contributed by atoms with van der Waals surface area (Å²) >= 11 is 0. The minimum absolute atomic E-state index is 0.0584. The normalized spacial score (nSPS) is 11.5. The highest BCUT2D eigenvalue weighted by Crippen LogP contribution is 1.89. The molecule has 0 aromatic carbocycles. The molecule has 0 N–H and O–H groups in total. The topological polar surface area (TPSA) is 50.5 Å². The van der Waals surface area contributed by atoms with Gasteiger partial charge in [-0.1, -0.05) is 0 Å². The molecule has 0 atom stereocenters. The quantitative estimate of drug-likeness (QED) is 0.695. The standard InChI is InChI=1S/C10H17FN4O2/c1-12(2)6-14-5-8(11)9(16)15(10(14)17)7-13(3)4/h5H,6-7H2,1-4H3. The van der Waals surface area contributed by atoms with Crippen LogP contribution in [0.4, 0.5) is 4.39 Å². The molecule has 0 amide bonds. The number of hydrogen-bond acceptors (Lipinski definition) is 4. The van der Waals surface area contributed by atoms with Gasteiger partial charge in [-0.05, 0) is 28.2 Å². The van der Waals surface area contributed by atoms with Crippen LogP contribution < -0.4 is 11.2 Å². The number of hydrogen-bond donors (Lipinski definition) is 0. The van der Waals surface area contributed by atoms with Gasteiger partial charge in [0.25, 0.3) is 5.56 Å². The highest BCUT2D eigenvalue weighted by molar-refractivity contribution is 4.90. The molecule has 0 bridgehead atoms. The van der Waals surface area contributed by atoms with Crippen LogP contribution in [0.1, 0.15) is 0 Å². The lowest BCUT2D eigenvalue weighted by Crippen LogP contribution is -2.45. The van der Waals surface area contributed by atoms with Crippen LogP contribution in [-0.2, 0) is 13.3 Å². The minimum atomic E-state index is -0.923. The molecule has 1 aromatic heterocycles. The number of nitrogens with zero attached hydrogens (tertiary/aromatic N) is 4. The van der Waals surface area contributed by atoms with Crippen molar-refractivity contribution in [3.63, 3.8) is 0 Å². The predicted octanol–water partition coefficient (Wildman–Crippen LogP) is -0.813. The monoisotopic (exact) mass is 244 g/mol. The number of aromatic nitrogens is 2. The zero-order valence-electron chi connectivity index (χ0n) is 10.5. The third-order valence-electron chi connectivity index (χ3n) is 2.05. The van der Waals surface area contributed by atoms with Gasteiger partial charge in [0.05, 0.1) is 19.5 Å². The Morgan fingerprint density at radius 3 is 2.12 bits per heavy atom. The molecule has 0 radical (unpaired) electrons. The average molecular weight is 244 g/mol. The predicted molar refractivity (Wildman–Crippen MR) is 62.3 cm³/mol. The molecule has 0 aliphatic heterocycles. The van der Waals surface area contributed by atoms with Gasteiger partial charge in [0.1, 0.15) is 0 Å². The maximum Gasteiger partial charge on any atom is 0.333 e. The lowest BCUT2D eigenvalue weighted by molar-refractivity contribution is 0.275. The van der Waals surface area contributed by atoms with E-state index in [0.717, 1.165) is 10.8 Å². The van der Waals surface area contributed by atoms with Crippen LogP contribution in [-0.4, -0.2) is 47.1 Å². The molecule has 0 saturated heterocycles. The summed E-state index contributed by atoms with van der Waals surface area (Å²) in [5.41, 5.74) is -1.41. The molecule has 1 rings (SSSR count). The van der Waals surface area contributed by atoms with E-state index >= 15 is 0 Å². The fourth-order valence-corrected chi connectivity index (χ4v) is 1.43. The van der Waals surface area contributed by atoms with Crippen LogP contribution in [0.3, 0.4) is 0 Å². The third kappa shape index (κ3) is 3.24. The maximum absolute atomic E-state index is 13.4. The molecule has 7 heteroatoms. The smallest absolute Gasteiger partial charge is 0.292 e. The van der Waals surface area contributed by atoms with Gasteiger partial charge in [-0.2, -0.15) is 4.39 Å². The second-order valence-electron chi connectivity index (χ2n) is 4.40. The molecule has 6 nitrogen and oxygen atoms in total. The van der Waals surface area contributed by atoms with Gasteiger partial charge in [0.2, 0.25) is 5.82 Å². The Morgan fingerprint density at radius 2 is 1.65 bits per heavy atom. The first-order chi connectivity index (χ1) is 7.82. The molecule has 1 heterocycles. The first kappa shape index (κ1) is 13.6. The van der Waals surface area contributed by atoms with Gasteiger partial charge < -0.3 is 0 Å². The highest BCUT2D eigenvalue weighted by atomic mass is 19.1. The molecular weight excluding hydrogens is 227 g/mol. The van der Waals surface area contributed by atoms with Crippen molar-refractivity contribution in [1.29, 1.82) is 0 Å². The van der Waals surface area contributed by atoms with Crippen molar-refractivity contribution < 1.29 is 4.39 Å². The lowest BCUT2D eigenvalue weighted by Gasteiger charge is -2.16. The minimum Gasteiger partial charge on any atom is -0.292 e. The highest BCUT2D eigenvalue weighted by Gasteiger charge is 2.11. The summed E-state index contributed by atoms with van der Waals surface area (Å²) in [4.78, 5) is 26.8. The SMILES string of the molecule is CN(C)Cn1cc(F)c(=O)n(CN(C)C)c1=O. The summed E-state index contributed by atoms with van der Waals surface area (Å²) in [5, 5.41) is 0. The maximum atomic E-state index is 13.4. The van der Waals surface area contributed by atoms with Gasteiger partial charge >= 0.3 is 5.69 Å². The summed E-state index contributed by atoms with van der Waals surface area (Å²) in [7, 11) is 6.91. The Kier molecular flexibility index (Phi) is 4.19. The molecule has 0 unspecified atom stereocenters.